The number of carbonyl (C=O) groups is 1. The molecular weight excluding hydrogens is 238 g/mol. The number of nitrogens with zero attached hydrogens (tertiary/aromatic N) is 2. The number of guanidine groups is 1. The smallest absolute Gasteiger partial charge is 0.233 e. The molecule has 0 bridgehead atoms. The number of carbonyl (C=O) groups excluding carboxylic acids is 1. The molecule has 1 amide bonds. The van der Waals surface area contributed by atoms with Crippen LogP contribution in [0.15, 0.2) is 4.99 Å². The maximum Gasteiger partial charge on any atom is 0.233 e. The molecule has 0 aromatic heterocycles. The van der Waals surface area contributed by atoms with Crippen molar-refractivity contribution < 1.29 is 4.79 Å². The summed E-state index contributed by atoms with van der Waals surface area (Å²) < 4.78 is 0. The molecule has 1 aliphatic heterocycles. The number of rotatable bonds is 2. The van der Waals surface area contributed by atoms with Gasteiger partial charge >= 0.3 is 0 Å². The maximum absolute atomic E-state index is 11.9. The van der Waals surface area contributed by atoms with Crippen LogP contribution in [0.2, 0.25) is 0 Å². The minimum absolute atomic E-state index is 0.0250. The van der Waals surface area contributed by atoms with Crippen LogP contribution in [0.4, 0.5) is 0 Å². The lowest BCUT2D eigenvalue weighted by Crippen LogP contribution is -2.43. The second-order valence-electron chi connectivity index (χ2n) is 4.06. The maximum atomic E-state index is 11.9. The van der Waals surface area contributed by atoms with E-state index in [2.05, 4.69) is 11.9 Å². The lowest BCUT2D eigenvalue weighted by Gasteiger charge is -2.33. The highest BCUT2D eigenvalue weighted by Crippen LogP contribution is 2.18. The third kappa shape index (κ3) is 4.64. The van der Waals surface area contributed by atoms with E-state index in [0.29, 0.717) is 6.04 Å². The predicted octanol–water partition coefficient (Wildman–Crippen LogP) is 0.329. The van der Waals surface area contributed by atoms with Crippen LogP contribution >= 0.6 is 11.8 Å². The Labute approximate surface area is 105 Å². The van der Waals surface area contributed by atoms with Crippen LogP contribution in [0.5, 0.6) is 0 Å². The van der Waals surface area contributed by atoms with Gasteiger partial charge in [0, 0.05) is 12.6 Å². The quantitative estimate of drug-likeness (QED) is 0.489. The molecule has 0 aliphatic carbocycles. The molecule has 96 valence electrons. The van der Waals surface area contributed by atoms with Gasteiger partial charge in [0.15, 0.2) is 11.1 Å². The molecule has 1 unspecified atom stereocenters. The lowest BCUT2D eigenvalue weighted by molar-refractivity contribution is -0.131. The molecule has 1 rings (SSSR count). The first kappa shape index (κ1) is 13.8. The summed E-state index contributed by atoms with van der Waals surface area (Å²) in [6.07, 6.45) is 3.30. The van der Waals surface area contributed by atoms with Gasteiger partial charge in [-0.25, -0.2) is 0 Å². The molecule has 6 nitrogen and oxygen atoms in total. The van der Waals surface area contributed by atoms with Crippen LogP contribution in [0.1, 0.15) is 26.2 Å². The summed E-state index contributed by atoms with van der Waals surface area (Å²) in [4.78, 5) is 17.3. The molecule has 1 atom stereocenters. The number of piperidine rings is 1. The molecule has 0 aromatic carbocycles. The number of nitrogens with one attached hydrogen (secondary N) is 1. The minimum Gasteiger partial charge on any atom is -0.370 e. The van der Waals surface area contributed by atoms with E-state index in [4.69, 9.17) is 16.9 Å². The molecule has 1 heterocycles. The van der Waals surface area contributed by atoms with Crippen molar-refractivity contribution in [3.05, 3.63) is 0 Å². The molecule has 5 N–H and O–H groups in total. The van der Waals surface area contributed by atoms with Crippen molar-refractivity contribution in [1.82, 2.24) is 4.90 Å². The van der Waals surface area contributed by atoms with Crippen LogP contribution < -0.4 is 11.5 Å². The Morgan fingerprint density at radius 3 is 2.82 bits per heavy atom. The van der Waals surface area contributed by atoms with Crippen molar-refractivity contribution in [2.75, 3.05) is 12.3 Å². The lowest BCUT2D eigenvalue weighted by atomic mass is 10.0. The van der Waals surface area contributed by atoms with E-state index in [9.17, 15) is 4.79 Å². The van der Waals surface area contributed by atoms with Crippen molar-refractivity contribution in [2.24, 2.45) is 16.5 Å². The molecule has 17 heavy (non-hydrogen) atoms. The van der Waals surface area contributed by atoms with Crippen molar-refractivity contribution in [3.8, 4) is 0 Å². The van der Waals surface area contributed by atoms with Gasteiger partial charge in [-0.15, -0.1) is 0 Å². The zero-order valence-corrected chi connectivity index (χ0v) is 10.8. The molecular formula is C10H19N5OS. The average Bonchev–Trinajstić information content (AvgIpc) is 2.25. The Hall–Kier alpha value is -1.24. The molecule has 1 saturated heterocycles. The van der Waals surface area contributed by atoms with E-state index >= 15 is 0 Å². The first-order valence-electron chi connectivity index (χ1n) is 5.61. The van der Waals surface area contributed by atoms with Gasteiger partial charge in [-0.05, 0) is 26.2 Å². The molecule has 1 aliphatic rings. The van der Waals surface area contributed by atoms with E-state index < -0.39 is 0 Å². The van der Waals surface area contributed by atoms with Gasteiger partial charge in [-0.1, -0.05) is 11.8 Å². The Morgan fingerprint density at radius 1 is 1.53 bits per heavy atom. The van der Waals surface area contributed by atoms with Crippen LogP contribution in [0.3, 0.4) is 0 Å². The zero-order chi connectivity index (χ0) is 12.8. The summed E-state index contributed by atoms with van der Waals surface area (Å²) in [5, 5.41) is 7.40. The third-order valence-electron chi connectivity index (χ3n) is 2.69. The van der Waals surface area contributed by atoms with E-state index in [1.165, 1.54) is 6.42 Å². The van der Waals surface area contributed by atoms with Crippen molar-refractivity contribution in [2.45, 2.75) is 32.2 Å². The van der Waals surface area contributed by atoms with Gasteiger partial charge < -0.3 is 16.4 Å². The normalized spacial score (nSPS) is 19.8. The van der Waals surface area contributed by atoms with E-state index in [-0.39, 0.29) is 22.8 Å². The second kappa shape index (κ2) is 6.48. The SMILES string of the molecule is CC1CCCCN1C(=O)CSC(=N)N=C(N)N. The number of amidine groups is 1. The summed E-state index contributed by atoms with van der Waals surface area (Å²) in [6.45, 7) is 2.87. The molecule has 0 saturated carbocycles. The fourth-order valence-corrected chi connectivity index (χ4v) is 2.43. The monoisotopic (exact) mass is 257 g/mol. The fourth-order valence-electron chi connectivity index (χ4n) is 1.83. The van der Waals surface area contributed by atoms with Gasteiger partial charge in [-0.2, -0.15) is 4.99 Å². The zero-order valence-electron chi connectivity index (χ0n) is 9.98. The van der Waals surface area contributed by atoms with Gasteiger partial charge in [-0.3, -0.25) is 10.2 Å². The summed E-state index contributed by atoms with van der Waals surface area (Å²) in [5.74, 6) is 0.124. The van der Waals surface area contributed by atoms with Crippen LogP contribution in [-0.2, 0) is 4.79 Å². The molecule has 1 fully saturated rings. The van der Waals surface area contributed by atoms with Gasteiger partial charge in [0.25, 0.3) is 0 Å². The van der Waals surface area contributed by atoms with Gasteiger partial charge in [0.05, 0.1) is 5.75 Å². The fraction of sp³-hybridized carbons (Fsp3) is 0.700. The third-order valence-corrected chi connectivity index (χ3v) is 3.44. The number of nitrogens with two attached hydrogens (primary N) is 2. The van der Waals surface area contributed by atoms with Crippen molar-refractivity contribution >= 4 is 28.8 Å². The number of likely N-dealkylation sites (tertiary alicyclic amines) is 1. The first-order chi connectivity index (χ1) is 8.00. The number of hydrogen-bond donors (Lipinski definition) is 3. The summed E-state index contributed by atoms with van der Waals surface area (Å²) in [6, 6.07) is 0.300. The summed E-state index contributed by atoms with van der Waals surface area (Å²) in [7, 11) is 0. The Bertz CT molecular complexity index is 327. The largest absolute Gasteiger partial charge is 0.370 e. The van der Waals surface area contributed by atoms with Gasteiger partial charge in [0.2, 0.25) is 5.91 Å². The van der Waals surface area contributed by atoms with Crippen molar-refractivity contribution in [1.29, 1.82) is 5.41 Å². The molecule has 7 heteroatoms. The van der Waals surface area contributed by atoms with Gasteiger partial charge in [0.1, 0.15) is 0 Å². The van der Waals surface area contributed by atoms with Crippen LogP contribution in [-0.4, -0.2) is 40.3 Å². The number of thioether (sulfide) groups is 1. The van der Waals surface area contributed by atoms with E-state index in [0.717, 1.165) is 31.1 Å². The highest BCUT2D eigenvalue weighted by atomic mass is 32.2. The number of amides is 1. The number of hydrogen-bond acceptors (Lipinski definition) is 3. The summed E-state index contributed by atoms with van der Waals surface area (Å²) >= 11 is 1.05. The topological polar surface area (TPSA) is 109 Å². The minimum atomic E-state index is -0.152. The van der Waals surface area contributed by atoms with E-state index in [1.54, 1.807) is 0 Å². The standard InChI is InChI=1S/C10H19N5OS/c1-7-4-2-3-5-15(7)8(16)6-17-10(13)14-9(11)12/h7H,2-6H2,1H3,(H5,11,12,13,14). The Balaban J connectivity index is 2.38. The molecule has 0 aromatic rings. The average molecular weight is 257 g/mol. The predicted molar refractivity (Wildman–Crippen MR) is 71.0 cm³/mol. The highest BCUT2D eigenvalue weighted by molar-refractivity contribution is 8.14. The van der Waals surface area contributed by atoms with Crippen LogP contribution in [0, 0.1) is 5.41 Å². The first-order valence-corrected chi connectivity index (χ1v) is 6.59. The summed E-state index contributed by atoms with van der Waals surface area (Å²) in [5.41, 5.74) is 10.3. The number of aliphatic imine (C=N–C) groups is 1. The second-order valence-corrected chi connectivity index (χ2v) is 5.03. The van der Waals surface area contributed by atoms with Crippen LogP contribution in [0.25, 0.3) is 0 Å². The molecule has 0 spiro atoms. The van der Waals surface area contributed by atoms with E-state index in [1.807, 2.05) is 4.90 Å². The van der Waals surface area contributed by atoms with Crippen molar-refractivity contribution in [3.63, 3.8) is 0 Å². The Kier molecular flexibility index (Phi) is 5.27. The highest BCUT2D eigenvalue weighted by Gasteiger charge is 2.23. The molecule has 0 radical (unpaired) electrons. The Morgan fingerprint density at radius 2 is 2.24 bits per heavy atom.